The summed E-state index contributed by atoms with van der Waals surface area (Å²) in [7, 11) is 0. The lowest BCUT2D eigenvalue weighted by Gasteiger charge is -2.14. The molecule has 0 amide bonds. The zero-order chi connectivity index (χ0) is 10.6. The molecule has 0 aromatic carbocycles. The van der Waals surface area contributed by atoms with Crippen molar-refractivity contribution in [1.82, 2.24) is 0 Å². The lowest BCUT2D eigenvalue weighted by molar-refractivity contribution is -0.112. The number of ether oxygens (including phenoxy) is 2. The third-order valence-corrected chi connectivity index (χ3v) is 1.94. The van der Waals surface area contributed by atoms with E-state index < -0.39 is 0 Å². The van der Waals surface area contributed by atoms with Crippen LogP contribution in [0.2, 0.25) is 0 Å². The summed E-state index contributed by atoms with van der Waals surface area (Å²) in [6.07, 6.45) is 5.84. The zero-order valence-electron chi connectivity index (χ0n) is 9.17. The molecule has 3 heteroatoms. The summed E-state index contributed by atoms with van der Waals surface area (Å²) >= 11 is 5.48. The summed E-state index contributed by atoms with van der Waals surface area (Å²) < 4.78 is 11.0. The molecule has 0 aliphatic carbocycles. The summed E-state index contributed by atoms with van der Waals surface area (Å²) in [6.45, 7) is 5.73. The highest BCUT2D eigenvalue weighted by Crippen LogP contribution is 2.02. The Labute approximate surface area is 92.2 Å². The molecule has 2 nitrogen and oxygen atoms in total. The van der Waals surface area contributed by atoms with Gasteiger partial charge in [-0.25, -0.2) is 0 Å². The van der Waals surface area contributed by atoms with Crippen molar-refractivity contribution in [2.75, 3.05) is 13.2 Å². The van der Waals surface area contributed by atoms with Crippen molar-refractivity contribution in [1.29, 1.82) is 0 Å². The Morgan fingerprint density at radius 1 is 1.07 bits per heavy atom. The number of rotatable bonds is 9. The molecule has 0 saturated heterocycles. The van der Waals surface area contributed by atoms with Crippen molar-refractivity contribution in [3.8, 4) is 0 Å². The van der Waals surface area contributed by atoms with Gasteiger partial charge in [-0.05, 0) is 18.9 Å². The fraction of sp³-hybridized carbons (Fsp3) is 0.818. The van der Waals surface area contributed by atoms with E-state index >= 15 is 0 Å². The van der Waals surface area contributed by atoms with Gasteiger partial charge in [0.05, 0.1) is 13.2 Å². The maximum Gasteiger partial charge on any atom is 0.177 e. The topological polar surface area (TPSA) is 18.5 Å². The van der Waals surface area contributed by atoms with E-state index in [0.717, 1.165) is 38.9 Å². The van der Waals surface area contributed by atoms with Gasteiger partial charge in [0.15, 0.2) is 6.29 Å². The molecule has 0 atom stereocenters. The lowest BCUT2D eigenvalue weighted by Crippen LogP contribution is -2.15. The van der Waals surface area contributed by atoms with E-state index in [2.05, 4.69) is 13.8 Å². The van der Waals surface area contributed by atoms with Gasteiger partial charge in [-0.1, -0.05) is 38.3 Å². The minimum Gasteiger partial charge on any atom is -0.349 e. The van der Waals surface area contributed by atoms with Gasteiger partial charge in [0.2, 0.25) is 0 Å². The van der Waals surface area contributed by atoms with Gasteiger partial charge in [0.1, 0.15) is 0 Å². The quantitative estimate of drug-likeness (QED) is 0.436. The largest absolute Gasteiger partial charge is 0.349 e. The fourth-order valence-corrected chi connectivity index (χ4v) is 1.03. The molecule has 0 aliphatic rings. The Hall–Kier alpha value is -0.0500. The third kappa shape index (κ3) is 8.54. The molecule has 0 rings (SSSR count). The van der Waals surface area contributed by atoms with Crippen LogP contribution in [0.25, 0.3) is 0 Å². The first kappa shape index (κ1) is 13.9. The standard InChI is InChI=1S/C11H21ClO2/c1-3-5-9-13-11(7-8-12)14-10-6-4-2/h7-8,11H,3-6,9-10H2,1-2H3. The van der Waals surface area contributed by atoms with Crippen LogP contribution in [0.4, 0.5) is 0 Å². The molecule has 0 saturated carbocycles. The highest BCUT2D eigenvalue weighted by molar-refractivity contribution is 6.25. The van der Waals surface area contributed by atoms with Gasteiger partial charge in [0, 0.05) is 5.54 Å². The van der Waals surface area contributed by atoms with Crippen molar-refractivity contribution in [3.05, 3.63) is 11.6 Å². The second-order valence-electron chi connectivity index (χ2n) is 3.14. The number of unbranched alkanes of at least 4 members (excludes halogenated alkanes) is 2. The molecular weight excluding hydrogens is 200 g/mol. The molecule has 0 N–H and O–H groups in total. The number of hydrogen-bond acceptors (Lipinski definition) is 2. The van der Waals surface area contributed by atoms with Gasteiger partial charge in [-0.3, -0.25) is 0 Å². The molecule has 0 radical (unpaired) electrons. The van der Waals surface area contributed by atoms with Crippen molar-refractivity contribution in [2.45, 2.75) is 45.8 Å². The van der Waals surface area contributed by atoms with Gasteiger partial charge in [-0.15, -0.1) is 0 Å². The van der Waals surface area contributed by atoms with E-state index in [-0.39, 0.29) is 6.29 Å². The third-order valence-electron chi connectivity index (χ3n) is 1.79. The van der Waals surface area contributed by atoms with E-state index in [0.29, 0.717) is 0 Å². The van der Waals surface area contributed by atoms with E-state index in [9.17, 15) is 0 Å². The predicted molar refractivity (Wildman–Crippen MR) is 60.5 cm³/mol. The first-order valence-electron chi connectivity index (χ1n) is 5.35. The van der Waals surface area contributed by atoms with Crippen LogP contribution in [0.1, 0.15) is 39.5 Å². The summed E-state index contributed by atoms with van der Waals surface area (Å²) in [6, 6.07) is 0. The average molecular weight is 221 g/mol. The van der Waals surface area contributed by atoms with Crippen molar-refractivity contribution >= 4 is 11.6 Å². The number of hydrogen-bond donors (Lipinski definition) is 0. The predicted octanol–water partition coefficient (Wildman–Crippen LogP) is 3.70. The maximum atomic E-state index is 5.48. The molecule has 0 fully saturated rings. The first-order chi connectivity index (χ1) is 6.85. The molecule has 0 bridgehead atoms. The van der Waals surface area contributed by atoms with Crippen LogP contribution in [0.5, 0.6) is 0 Å². The molecule has 0 heterocycles. The summed E-state index contributed by atoms with van der Waals surface area (Å²) in [5, 5.41) is 0. The molecule has 0 spiro atoms. The van der Waals surface area contributed by atoms with E-state index in [4.69, 9.17) is 21.1 Å². The Bertz CT molecular complexity index is 127. The molecule has 0 aliphatic heterocycles. The smallest absolute Gasteiger partial charge is 0.177 e. The Morgan fingerprint density at radius 2 is 1.57 bits per heavy atom. The van der Waals surface area contributed by atoms with E-state index in [1.165, 1.54) is 5.54 Å². The van der Waals surface area contributed by atoms with Crippen LogP contribution in [0.3, 0.4) is 0 Å². The van der Waals surface area contributed by atoms with Crippen molar-refractivity contribution in [3.63, 3.8) is 0 Å². The second-order valence-corrected chi connectivity index (χ2v) is 3.39. The van der Waals surface area contributed by atoms with Gasteiger partial charge in [0.25, 0.3) is 0 Å². The van der Waals surface area contributed by atoms with Crippen LogP contribution in [0.15, 0.2) is 11.6 Å². The maximum absolute atomic E-state index is 5.48. The fourth-order valence-electron chi connectivity index (χ4n) is 0.906. The summed E-state index contributed by atoms with van der Waals surface area (Å²) in [5.74, 6) is 0. The first-order valence-corrected chi connectivity index (χ1v) is 5.78. The summed E-state index contributed by atoms with van der Waals surface area (Å²) in [4.78, 5) is 0. The van der Waals surface area contributed by atoms with Crippen LogP contribution in [0, 0.1) is 0 Å². The van der Waals surface area contributed by atoms with Gasteiger partial charge < -0.3 is 9.47 Å². The Kier molecular flexibility index (Phi) is 11.0. The van der Waals surface area contributed by atoms with Gasteiger partial charge >= 0.3 is 0 Å². The zero-order valence-corrected chi connectivity index (χ0v) is 9.93. The molecule has 84 valence electrons. The molecule has 14 heavy (non-hydrogen) atoms. The van der Waals surface area contributed by atoms with Crippen LogP contribution in [-0.2, 0) is 9.47 Å². The molecular formula is C11H21ClO2. The van der Waals surface area contributed by atoms with Gasteiger partial charge in [-0.2, -0.15) is 0 Å². The SMILES string of the molecule is CCCCOC(C=CCl)OCCCC. The minimum atomic E-state index is -0.273. The van der Waals surface area contributed by atoms with Crippen LogP contribution in [-0.4, -0.2) is 19.5 Å². The highest BCUT2D eigenvalue weighted by Gasteiger charge is 2.03. The van der Waals surface area contributed by atoms with Crippen molar-refractivity contribution in [2.24, 2.45) is 0 Å². The Balaban J connectivity index is 3.55. The average Bonchev–Trinajstić information content (AvgIpc) is 2.18. The lowest BCUT2D eigenvalue weighted by atomic mass is 10.3. The number of halogens is 1. The molecule has 0 aromatic heterocycles. The summed E-state index contributed by atoms with van der Waals surface area (Å²) in [5.41, 5.74) is 1.45. The normalized spacial score (nSPS) is 11.7. The van der Waals surface area contributed by atoms with Crippen LogP contribution < -0.4 is 0 Å². The Morgan fingerprint density at radius 3 is 1.93 bits per heavy atom. The highest BCUT2D eigenvalue weighted by atomic mass is 35.5. The van der Waals surface area contributed by atoms with Crippen LogP contribution >= 0.6 is 11.6 Å². The van der Waals surface area contributed by atoms with E-state index in [1.54, 1.807) is 6.08 Å². The molecule has 0 unspecified atom stereocenters. The minimum absolute atomic E-state index is 0.273. The molecule has 0 aromatic rings. The van der Waals surface area contributed by atoms with Crippen molar-refractivity contribution < 1.29 is 9.47 Å². The second kappa shape index (κ2) is 11.0. The van der Waals surface area contributed by atoms with E-state index in [1.807, 2.05) is 0 Å². The monoisotopic (exact) mass is 220 g/mol.